The lowest BCUT2D eigenvalue weighted by Gasteiger charge is -1.98. The Labute approximate surface area is 112 Å². The molecule has 0 radical (unpaired) electrons. The summed E-state index contributed by atoms with van der Waals surface area (Å²) in [5, 5.41) is 12.6. The molecule has 0 bridgehead atoms. The molecule has 1 N–H and O–H groups in total. The van der Waals surface area contributed by atoms with E-state index in [2.05, 4.69) is 11.4 Å². The second kappa shape index (κ2) is 6.05. The highest BCUT2D eigenvalue weighted by Crippen LogP contribution is 2.30. The number of carbonyl (C=O) groups is 1. The Hall–Kier alpha value is -1.04. The van der Waals surface area contributed by atoms with Gasteiger partial charge < -0.3 is 5.11 Å². The molecule has 0 aliphatic carbocycles. The van der Waals surface area contributed by atoms with Gasteiger partial charge >= 0.3 is 5.97 Å². The standard InChI is InChI=1S/C12H10O2S3/c13-11(14)4-3-9-5-7-15-10(9)8-17-12-2-1-6-16-12/h1-7H,8H2,(H,13,14). The molecule has 0 spiro atoms. The molecule has 0 atom stereocenters. The molecular weight excluding hydrogens is 272 g/mol. The van der Waals surface area contributed by atoms with E-state index in [0.29, 0.717) is 0 Å². The lowest BCUT2D eigenvalue weighted by Crippen LogP contribution is -1.86. The van der Waals surface area contributed by atoms with Gasteiger partial charge in [0.25, 0.3) is 0 Å². The van der Waals surface area contributed by atoms with E-state index in [0.717, 1.165) is 11.3 Å². The molecule has 2 rings (SSSR count). The van der Waals surface area contributed by atoms with Crippen LogP contribution in [0.25, 0.3) is 6.08 Å². The van der Waals surface area contributed by atoms with E-state index < -0.39 is 5.97 Å². The maximum Gasteiger partial charge on any atom is 0.328 e. The molecule has 0 aliphatic heterocycles. The summed E-state index contributed by atoms with van der Waals surface area (Å²) in [6.45, 7) is 0. The maximum atomic E-state index is 10.5. The second-order valence-corrected chi connectivity index (χ2v) is 6.42. The molecule has 2 heterocycles. The number of thioether (sulfide) groups is 1. The van der Waals surface area contributed by atoms with Gasteiger partial charge in [-0.2, -0.15) is 0 Å². The van der Waals surface area contributed by atoms with Gasteiger partial charge in [-0.15, -0.1) is 34.4 Å². The highest BCUT2D eigenvalue weighted by atomic mass is 32.2. The van der Waals surface area contributed by atoms with Gasteiger partial charge in [0.2, 0.25) is 0 Å². The molecule has 2 aromatic rings. The number of carboxylic acid groups (broad SMARTS) is 1. The molecule has 0 aliphatic rings. The fraction of sp³-hybridized carbons (Fsp3) is 0.0833. The van der Waals surface area contributed by atoms with E-state index in [1.54, 1.807) is 40.5 Å². The van der Waals surface area contributed by atoms with Gasteiger partial charge in [0.15, 0.2) is 0 Å². The summed E-state index contributed by atoms with van der Waals surface area (Å²) in [5.41, 5.74) is 1.00. The normalized spacial score (nSPS) is 11.1. The quantitative estimate of drug-likeness (QED) is 0.659. The fourth-order valence-electron chi connectivity index (χ4n) is 1.26. The Morgan fingerprint density at radius 2 is 2.24 bits per heavy atom. The zero-order valence-electron chi connectivity index (χ0n) is 8.83. The van der Waals surface area contributed by atoms with Crippen LogP contribution in [0.5, 0.6) is 0 Å². The zero-order valence-corrected chi connectivity index (χ0v) is 11.3. The molecular formula is C12H10O2S3. The summed E-state index contributed by atoms with van der Waals surface area (Å²) in [7, 11) is 0. The number of thiophene rings is 2. The maximum absolute atomic E-state index is 10.5. The molecule has 2 nitrogen and oxygen atoms in total. The van der Waals surface area contributed by atoms with Crippen LogP contribution in [0.2, 0.25) is 0 Å². The van der Waals surface area contributed by atoms with Crippen molar-refractivity contribution in [2.75, 3.05) is 0 Å². The summed E-state index contributed by atoms with van der Waals surface area (Å²) in [6.07, 6.45) is 2.84. The first-order valence-electron chi connectivity index (χ1n) is 4.89. The summed E-state index contributed by atoms with van der Waals surface area (Å²) < 4.78 is 1.28. The predicted molar refractivity (Wildman–Crippen MR) is 74.9 cm³/mol. The van der Waals surface area contributed by atoms with Crippen molar-refractivity contribution in [1.29, 1.82) is 0 Å². The van der Waals surface area contributed by atoms with E-state index >= 15 is 0 Å². The third-order valence-corrected chi connectivity index (χ3v) is 5.30. The Morgan fingerprint density at radius 3 is 2.94 bits per heavy atom. The van der Waals surface area contributed by atoms with Crippen molar-refractivity contribution in [1.82, 2.24) is 0 Å². The van der Waals surface area contributed by atoms with Crippen LogP contribution in [-0.2, 0) is 10.5 Å². The first-order chi connectivity index (χ1) is 8.25. The Morgan fingerprint density at radius 1 is 1.35 bits per heavy atom. The van der Waals surface area contributed by atoms with Crippen molar-refractivity contribution < 1.29 is 9.90 Å². The number of hydrogen-bond acceptors (Lipinski definition) is 4. The van der Waals surface area contributed by atoms with E-state index in [1.165, 1.54) is 15.2 Å². The summed E-state index contributed by atoms with van der Waals surface area (Å²) in [5.74, 6) is -0.0228. The molecule has 0 saturated carbocycles. The van der Waals surface area contributed by atoms with E-state index in [-0.39, 0.29) is 0 Å². The van der Waals surface area contributed by atoms with Crippen LogP contribution in [0, 0.1) is 0 Å². The molecule has 0 saturated heterocycles. The second-order valence-electron chi connectivity index (χ2n) is 3.19. The van der Waals surface area contributed by atoms with Gasteiger partial charge in [-0.3, -0.25) is 0 Å². The third kappa shape index (κ3) is 3.73. The van der Waals surface area contributed by atoms with Gasteiger partial charge in [-0.05, 0) is 34.5 Å². The minimum Gasteiger partial charge on any atom is -0.478 e. The monoisotopic (exact) mass is 282 g/mol. The fourth-order valence-corrected chi connectivity index (χ4v) is 4.04. The van der Waals surface area contributed by atoms with Gasteiger partial charge in [0.05, 0.1) is 4.21 Å². The average molecular weight is 282 g/mol. The number of rotatable bonds is 5. The molecule has 0 amide bonds. The van der Waals surface area contributed by atoms with Gasteiger partial charge in [-0.25, -0.2) is 4.79 Å². The minimum absolute atomic E-state index is 0.886. The SMILES string of the molecule is O=C(O)C=Cc1ccsc1CSc1cccs1. The lowest BCUT2D eigenvalue weighted by atomic mass is 10.2. The Balaban J connectivity index is 2.01. The highest BCUT2D eigenvalue weighted by molar-refractivity contribution is 8.00. The van der Waals surface area contributed by atoms with Gasteiger partial charge in [0, 0.05) is 16.7 Å². The molecule has 88 valence electrons. The smallest absolute Gasteiger partial charge is 0.328 e. The average Bonchev–Trinajstić information content (AvgIpc) is 2.95. The van der Waals surface area contributed by atoms with Crippen LogP contribution in [0.3, 0.4) is 0 Å². The van der Waals surface area contributed by atoms with Crippen LogP contribution >= 0.6 is 34.4 Å². The topological polar surface area (TPSA) is 37.3 Å². The molecule has 5 heteroatoms. The molecule has 2 aromatic heterocycles. The third-order valence-electron chi connectivity index (χ3n) is 2.03. The van der Waals surface area contributed by atoms with E-state index in [9.17, 15) is 4.79 Å². The summed E-state index contributed by atoms with van der Waals surface area (Å²) in [4.78, 5) is 11.7. The zero-order chi connectivity index (χ0) is 12.1. The summed E-state index contributed by atoms with van der Waals surface area (Å²) in [6, 6.07) is 6.08. The molecule has 0 unspecified atom stereocenters. The van der Waals surface area contributed by atoms with Crippen molar-refractivity contribution in [3.63, 3.8) is 0 Å². The van der Waals surface area contributed by atoms with Gasteiger partial charge in [0.1, 0.15) is 0 Å². The largest absolute Gasteiger partial charge is 0.478 e. The van der Waals surface area contributed by atoms with Gasteiger partial charge in [-0.1, -0.05) is 6.07 Å². The number of hydrogen-bond donors (Lipinski definition) is 1. The summed E-state index contributed by atoms with van der Waals surface area (Å²) >= 11 is 5.17. The predicted octanol–water partition coefficient (Wildman–Crippen LogP) is 4.20. The van der Waals surface area contributed by atoms with Crippen molar-refractivity contribution >= 4 is 46.5 Å². The van der Waals surface area contributed by atoms with E-state index in [4.69, 9.17) is 5.11 Å². The van der Waals surface area contributed by atoms with Crippen LogP contribution < -0.4 is 0 Å². The lowest BCUT2D eigenvalue weighted by molar-refractivity contribution is -0.131. The van der Waals surface area contributed by atoms with E-state index in [1.807, 2.05) is 17.5 Å². The molecule has 0 fully saturated rings. The Bertz CT molecular complexity index is 512. The van der Waals surface area contributed by atoms with Crippen LogP contribution in [0.4, 0.5) is 0 Å². The molecule has 17 heavy (non-hydrogen) atoms. The van der Waals surface area contributed by atoms with Crippen molar-refractivity contribution in [3.05, 3.63) is 45.5 Å². The van der Waals surface area contributed by atoms with Crippen LogP contribution in [0.15, 0.2) is 39.2 Å². The highest BCUT2D eigenvalue weighted by Gasteiger charge is 2.03. The first-order valence-corrected chi connectivity index (χ1v) is 7.64. The first kappa shape index (κ1) is 12.4. The molecule has 0 aromatic carbocycles. The number of carboxylic acids is 1. The van der Waals surface area contributed by atoms with Crippen molar-refractivity contribution in [3.8, 4) is 0 Å². The van der Waals surface area contributed by atoms with Crippen molar-refractivity contribution in [2.45, 2.75) is 9.96 Å². The van der Waals surface area contributed by atoms with Crippen LogP contribution in [-0.4, -0.2) is 11.1 Å². The van der Waals surface area contributed by atoms with Crippen LogP contribution in [0.1, 0.15) is 10.4 Å². The Kier molecular flexibility index (Phi) is 4.42. The minimum atomic E-state index is -0.909. The van der Waals surface area contributed by atoms with Crippen molar-refractivity contribution in [2.24, 2.45) is 0 Å². The number of aliphatic carboxylic acids is 1.